The third-order valence-corrected chi connectivity index (χ3v) is 6.83. The van der Waals surface area contributed by atoms with Crippen LogP contribution in [0.5, 0.6) is 0 Å². The number of anilines is 1. The molecule has 12 heteroatoms. The first-order valence-corrected chi connectivity index (χ1v) is 10.7. The van der Waals surface area contributed by atoms with Gasteiger partial charge in [0.15, 0.2) is 5.17 Å². The van der Waals surface area contributed by atoms with Gasteiger partial charge in [-0.05, 0) is 13.3 Å². The Kier molecular flexibility index (Phi) is 5.49. The van der Waals surface area contributed by atoms with Crippen molar-refractivity contribution in [3.63, 3.8) is 0 Å². The molecular weight excluding hydrogens is 422 g/mol. The molecule has 2 aliphatic rings. The first kappa shape index (κ1) is 20.1. The molecule has 3 N–H and O–H groups in total. The van der Waals surface area contributed by atoms with E-state index in [2.05, 4.69) is 20.3 Å². The Bertz CT molecular complexity index is 938. The molecule has 29 heavy (non-hydrogen) atoms. The number of ether oxygens (including phenoxy) is 1. The average molecular weight is 441 g/mol. The molecule has 2 aromatic heterocycles. The number of hydrogen-bond donors (Lipinski definition) is 2. The number of nitrogens with zero attached hydrogens (tertiary/aromatic N) is 4. The number of aromatic nitrogens is 3. The summed E-state index contributed by atoms with van der Waals surface area (Å²) in [6.07, 6.45) is 0.135. The number of thioether (sulfide) groups is 1. The van der Waals surface area contributed by atoms with Gasteiger partial charge in [0.1, 0.15) is 27.8 Å². The maximum atomic E-state index is 12.6. The number of amidine groups is 1. The minimum absolute atomic E-state index is 0.0776. The minimum Gasteiger partial charge on any atom is -0.379 e. The van der Waals surface area contributed by atoms with Crippen molar-refractivity contribution in [2.45, 2.75) is 31.4 Å². The van der Waals surface area contributed by atoms with Crippen LogP contribution in [-0.4, -0.2) is 44.5 Å². The predicted molar refractivity (Wildman–Crippen MR) is 106 cm³/mol. The van der Waals surface area contributed by atoms with E-state index in [4.69, 9.17) is 15.5 Å². The zero-order chi connectivity index (χ0) is 20.6. The molecule has 0 spiro atoms. The summed E-state index contributed by atoms with van der Waals surface area (Å²) in [5, 5.41) is 5.53. The number of nitrogens with one attached hydrogen (secondary N) is 1. The minimum atomic E-state index is -2.74. The van der Waals surface area contributed by atoms with Gasteiger partial charge >= 0.3 is 0 Å². The number of halogens is 2. The molecule has 0 bridgehead atoms. The maximum absolute atomic E-state index is 12.6. The lowest BCUT2D eigenvalue weighted by atomic mass is 9.80. The predicted octanol–water partition coefficient (Wildman–Crippen LogP) is 2.80. The lowest BCUT2D eigenvalue weighted by Crippen LogP contribution is -2.49. The van der Waals surface area contributed by atoms with Gasteiger partial charge in [-0.2, -0.15) is 0 Å². The summed E-state index contributed by atoms with van der Waals surface area (Å²) < 4.78 is 31.0. The number of carbonyl (C=O) groups is 1. The first-order chi connectivity index (χ1) is 13.9. The van der Waals surface area contributed by atoms with Crippen LogP contribution in [0, 0.1) is 5.92 Å². The fraction of sp³-hybridized carbons (Fsp3) is 0.471. The van der Waals surface area contributed by atoms with Gasteiger partial charge in [0, 0.05) is 17.1 Å². The van der Waals surface area contributed by atoms with Crippen molar-refractivity contribution in [3.05, 3.63) is 34.2 Å². The molecule has 0 radical (unpaired) electrons. The summed E-state index contributed by atoms with van der Waals surface area (Å²) in [4.78, 5) is 28.9. The van der Waals surface area contributed by atoms with E-state index in [-0.39, 0.29) is 17.7 Å². The number of aliphatic imine (C=N–C) groups is 1. The molecule has 3 atom stereocenters. The summed E-state index contributed by atoms with van der Waals surface area (Å²) in [7, 11) is 0. The van der Waals surface area contributed by atoms with E-state index in [1.54, 1.807) is 5.38 Å². The van der Waals surface area contributed by atoms with Crippen molar-refractivity contribution in [1.29, 1.82) is 0 Å². The second-order valence-corrected chi connectivity index (χ2v) is 8.76. The normalized spacial score (nSPS) is 26.7. The van der Waals surface area contributed by atoms with Crippen LogP contribution < -0.4 is 11.1 Å². The topological polar surface area (TPSA) is 115 Å². The summed E-state index contributed by atoms with van der Waals surface area (Å²) >= 11 is 2.89. The Balaban J connectivity index is 1.54. The van der Waals surface area contributed by atoms with Gasteiger partial charge in [-0.25, -0.2) is 23.7 Å². The summed E-state index contributed by atoms with van der Waals surface area (Å²) in [5.41, 5.74) is 4.77. The van der Waals surface area contributed by atoms with E-state index in [9.17, 15) is 13.6 Å². The Morgan fingerprint density at radius 1 is 1.41 bits per heavy atom. The van der Waals surface area contributed by atoms with Crippen molar-refractivity contribution in [1.82, 2.24) is 15.0 Å². The SMILES string of the molecule is CC1CC2CSC(N)=NC2(c2nc(NC(=O)c3cnc(C(F)F)cn3)cs2)CO1. The van der Waals surface area contributed by atoms with Crippen LogP contribution in [0.3, 0.4) is 0 Å². The Labute approximate surface area is 173 Å². The highest BCUT2D eigenvalue weighted by atomic mass is 32.2. The molecule has 1 saturated heterocycles. The van der Waals surface area contributed by atoms with E-state index in [1.807, 2.05) is 6.92 Å². The van der Waals surface area contributed by atoms with Crippen molar-refractivity contribution >= 4 is 40.0 Å². The van der Waals surface area contributed by atoms with Gasteiger partial charge in [-0.3, -0.25) is 9.78 Å². The monoisotopic (exact) mass is 440 g/mol. The lowest BCUT2D eigenvalue weighted by Gasteiger charge is -2.44. The van der Waals surface area contributed by atoms with Crippen LogP contribution in [0.4, 0.5) is 14.6 Å². The van der Waals surface area contributed by atoms with Crippen molar-refractivity contribution in [3.8, 4) is 0 Å². The molecule has 154 valence electrons. The maximum Gasteiger partial charge on any atom is 0.281 e. The highest BCUT2D eigenvalue weighted by Gasteiger charge is 2.49. The molecule has 1 amide bonds. The molecule has 4 heterocycles. The van der Waals surface area contributed by atoms with Gasteiger partial charge in [0.2, 0.25) is 0 Å². The molecule has 0 saturated carbocycles. The fourth-order valence-corrected chi connectivity index (χ4v) is 5.33. The standard InChI is InChI=1S/C17H18F2N6O2S2/c1-8-2-9-5-29-16(20)25-17(9,7-27-8)15-24-12(6-28-15)23-14(26)11-4-21-10(3-22-11)13(18)19/h3-4,6,8-9,13H,2,5,7H2,1H3,(H2,20,25)(H,23,26). The van der Waals surface area contributed by atoms with E-state index in [0.29, 0.717) is 22.6 Å². The summed E-state index contributed by atoms with van der Waals surface area (Å²) in [5.74, 6) is 0.801. The third kappa shape index (κ3) is 3.96. The van der Waals surface area contributed by atoms with Crippen molar-refractivity contribution < 1.29 is 18.3 Å². The molecular formula is C17H18F2N6O2S2. The van der Waals surface area contributed by atoms with E-state index in [1.165, 1.54) is 23.1 Å². The number of carbonyl (C=O) groups excluding carboxylic acids is 1. The molecule has 8 nitrogen and oxygen atoms in total. The second kappa shape index (κ2) is 7.92. The van der Waals surface area contributed by atoms with Gasteiger partial charge in [-0.15, -0.1) is 11.3 Å². The largest absolute Gasteiger partial charge is 0.379 e. The number of alkyl halides is 2. The van der Waals surface area contributed by atoms with E-state index in [0.717, 1.165) is 24.6 Å². The summed E-state index contributed by atoms with van der Waals surface area (Å²) in [6, 6.07) is 0. The smallest absolute Gasteiger partial charge is 0.281 e. The molecule has 1 fully saturated rings. The zero-order valence-electron chi connectivity index (χ0n) is 15.3. The average Bonchev–Trinajstić information content (AvgIpc) is 3.17. The molecule has 2 aromatic rings. The molecule has 3 unspecified atom stereocenters. The highest BCUT2D eigenvalue weighted by Crippen LogP contribution is 2.47. The van der Waals surface area contributed by atoms with E-state index < -0.39 is 23.6 Å². The second-order valence-electron chi connectivity index (χ2n) is 6.86. The Morgan fingerprint density at radius 2 is 2.24 bits per heavy atom. The van der Waals surface area contributed by atoms with Crippen LogP contribution in [0.25, 0.3) is 0 Å². The Morgan fingerprint density at radius 3 is 2.97 bits per heavy atom. The number of amides is 1. The quantitative estimate of drug-likeness (QED) is 0.751. The molecule has 0 aliphatic carbocycles. The van der Waals surface area contributed by atoms with Gasteiger partial charge in [0.25, 0.3) is 12.3 Å². The number of nitrogens with two attached hydrogens (primary N) is 1. The van der Waals surface area contributed by atoms with Gasteiger partial charge < -0.3 is 15.8 Å². The third-order valence-electron chi connectivity index (χ3n) is 4.87. The molecule has 0 aromatic carbocycles. The number of rotatable bonds is 4. The lowest BCUT2D eigenvalue weighted by molar-refractivity contribution is -0.0466. The fourth-order valence-electron chi connectivity index (χ4n) is 3.36. The molecule has 4 rings (SSSR count). The van der Waals surface area contributed by atoms with Crippen LogP contribution in [0.2, 0.25) is 0 Å². The number of hydrogen-bond acceptors (Lipinski definition) is 9. The van der Waals surface area contributed by atoms with Crippen molar-refractivity contribution in [2.24, 2.45) is 16.6 Å². The van der Waals surface area contributed by atoms with Crippen LogP contribution in [0.1, 0.15) is 41.0 Å². The highest BCUT2D eigenvalue weighted by molar-refractivity contribution is 8.13. The summed E-state index contributed by atoms with van der Waals surface area (Å²) in [6.45, 7) is 2.41. The van der Waals surface area contributed by atoms with Crippen molar-refractivity contribution in [2.75, 3.05) is 17.7 Å². The van der Waals surface area contributed by atoms with Crippen LogP contribution in [0.15, 0.2) is 22.8 Å². The Hall–Kier alpha value is -2.18. The number of fused-ring (bicyclic) bond motifs is 1. The number of thiazole rings is 1. The first-order valence-electron chi connectivity index (χ1n) is 8.84. The molecule has 2 aliphatic heterocycles. The van der Waals surface area contributed by atoms with Crippen LogP contribution in [-0.2, 0) is 10.3 Å². The zero-order valence-corrected chi connectivity index (χ0v) is 17.0. The van der Waals surface area contributed by atoms with E-state index >= 15 is 0 Å². The van der Waals surface area contributed by atoms with Gasteiger partial charge in [0.05, 0.1) is 25.1 Å². The van der Waals surface area contributed by atoms with Crippen LogP contribution >= 0.6 is 23.1 Å². The van der Waals surface area contributed by atoms with Gasteiger partial charge in [-0.1, -0.05) is 11.8 Å².